The zero-order chi connectivity index (χ0) is 13.7. The molecule has 0 bridgehead atoms. The molecule has 1 fully saturated rings. The van der Waals surface area contributed by atoms with Gasteiger partial charge in [0, 0.05) is 17.1 Å². The average molecular weight is 280 g/mol. The molecule has 1 aliphatic carbocycles. The SMILES string of the molecule is CC(N[C@H](C)C1CCCCCC1)c1ccccc1Cl. The maximum atomic E-state index is 6.27. The Morgan fingerprint density at radius 3 is 2.32 bits per heavy atom. The molecule has 2 heteroatoms. The summed E-state index contributed by atoms with van der Waals surface area (Å²) in [5.41, 5.74) is 1.21. The Hall–Kier alpha value is -0.530. The Balaban J connectivity index is 1.94. The molecule has 0 amide bonds. The van der Waals surface area contributed by atoms with E-state index in [2.05, 4.69) is 31.3 Å². The van der Waals surface area contributed by atoms with Gasteiger partial charge in [0.1, 0.15) is 0 Å². The summed E-state index contributed by atoms with van der Waals surface area (Å²) in [7, 11) is 0. The standard InChI is InChI=1S/C17H26ClN/c1-13(15-9-5-3-4-6-10-15)19-14(2)16-11-7-8-12-17(16)18/h7-8,11-15,19H,3-6,9-10H2,1-2H3/t13-,14?/m1/s1. The van der Waals surface area contributed by atoms with Crippen molar-refractivity contribution < 1.29 is 0 Å². The maximum Gasteiger partial charge on any atom is 0.0453 e. The van der Waals surface area contributed by atoms with E-state index in [4.69, 9.17) is 11.6 Å². The minimum Gasteiger partial charge on any atom is -0.307 e. The second-order valence-corrected chi connectivity index (χ2v) is 6.36. The topological polar surface area (TPSA) is 12.0 Å². The van der Waals surface area contributed by atoms with Gasteiger partial charge in [-0.3, -0.25) is 0 Å². The predicted molar refractivity (Wildman–Crippen MR) is 83.7 cm³/mol. The van der Waals surface area contributed by atoms with E-state index in [1.165, 1.54) is 44.1 Å². The van der Waals surface area contributed by atoms with Crippen molar-refractivity contribution in [3.8, 4) is 0 Å². The Morgan fingerprint density at radius 2 is 1.68 bits per heavy atom. The van der Waals surface area contributed by atoms with Gasteiger partial charge in [-0.2, -0.15) is 0 Å². The van der Waals surface area contributed by atoms with Crippen LogP contribution >= 0.6 is 11.6 Å². The van der Waals surface area contributed by atoms with Gasteiger partial charge in [0.15, 0.2) is 0 Å². The second kappa shape index (κ2) is 7.31. The van der Waals surface area contributed by atoms with Crippen LogP contribution in [0.5, 0.6) is 0 Å². The van der Waals surface area contributed by atoms with Crippen molar-refractivity contribution in [2.75, 3.05) is 0 Å². The van der Waals surface area contributed by atoms with Crippen LogP contribution in [0.3, 0.4) is 0 Å². The highest BCUT2D eigenvalue weighted by atomic mass is 35.5. The molecule has 0 saturated heterocycles. The molecule has 0 aromatic heterocycles. The van der Waals surface area contributed by atoms with Crippen molar-refractivity contribution >= 4 is 11.6 Å². The molecule has 1 nitrogen and oxygen atoms in total. The highest BCUT2D eigenvalue weighted by Crippen LogP contribution is 2.28. The molecule has 1 aliphatic rings. The zero-order valence-corrected chi connectivity index (χ0v) is 12.9. The largest absolute Gasteiger partial charge is 0.307 e. The summed E-state index contributed by atoms with van der Waals surface area (Å²) in [6.45, 7) is 4.55. The van der Waals surface area contributed by atoms with Crippen molar-refractivity contribution in [3.05, 3.63) is 34.9 Å². The van der Waals surface area contributed by atoms with Crippen LogP contribution in [0.25, 0.3) is 0 Å². The normalized spacial score (nSPS) is 20.8. The van der Waals surface area contributed by atoms with Crippen LogP contribution in [0.15, 0.2) is 24.3 Å². The summed E-state index contributed by atoms with van der Waals surface area (Å²) >= 11 is 6.27. The highest BCUT2D eigenvalue weighted by molar-refractivity contribution is 6.31. The lowest BCUT2D eigenvalue weighted by molar-refractivity contribution is 0.316. The molecule has 1 unspecified atom stereocenters. The first-order chi connectivity index (χ1) is 9.18. The van der Waals surface area contributed by atoms with Gasteiger partial charge in [0.05, 0.1) is 0 Å². The first kappa shape index (κ1) is 14.9. The minimum absolute atomic E-state index is 0.326. The number of hydrogen-bond acceptors (Lipinski definition) is 1. The molecule has 2 atom stereocenters. The first-order valence-electron chi connectivity index (χ1n) is 7.69. The molecule has 1 aromatic carbocycles. The molecule has 0 heterocycles. The summed E-state index contributed by atoms with van der Waals surface area (Å²) in [5.74, 6) is 0.826. The number of rotatable bonds is 4. The number of halogens is 1. The summed E-state index contributed by atoms with van der Waals surface area (Å²) in [6, 6.07) is 9.06. The zero-order valence-electron chi connectivity index (χ0n) is 12.2. The lowest BCUT2D eigenvalue weighted by atomic mass is 9.92. The second-order valence-electron chi connectivity index (χ2n) is 5.95. The van der Waals surface area contributed by atoms with E-state index < -0.39 is 0 Å². The summed E-state index contributed by atoms with van der Waals surface area (Å²) in [5, 5.41) is 4.62. The summed E-state index contributed by atoms with van der Waals surface area (Å²) < 4.78 is 0. The fourth-order valence-electron chi connectivity index (χ4n) is 3.26. The minimum atomic E-state index is 0.326. The van der Waals surface area contributed by atoms with Gasteiger partial charge in [0.25, 0.3) is 0 Å². The van der Waals surface area contributed by atoms with Gasteiger partial charge < -0.3 is 5.32 Å². The fraction of sp³-hybridized carbons (Fsp3) is 0.647. The first-order valence-corrected chi connectivity index (χ1v) is 8.06. The molecule has 0 aliphatic heterocycles. The predicted octanol–water partition coefficient (Wildman–Crippen LogP) is 5.35. The Bertz CT molecular complexity index is 383. The van der Waals surface area contributed by atoms with E-state index in [0.29, 0.717) is 12.1 Å². The summed E-state index contributed by atoms with van der Waals surface area (Å²) in [4.78, 5) is 0. The monoisotopic (exact) mass is 279 g/mol. The van der Waals surface area contributed by atoms with Crippen molar-refractivity contribution in [2.45, 2.75) is 64.5 Å². The van der Waals surface area contributed by atoms with Crippen molar-refractivity contribution in [1.29, 1.82) is 0 Å². The van der Waals surface area contributed by atoms with Crippen LogP contribution in [-0.2, 0) is 0 Å². The highest BCUT2D eigenvalue weighted by Gasteiger charge is 2.21. The van der Waals surface area contributed by atoms with Crippen LogP contribution in [0.4, 0.5) is 0 Å². The van der Waals surface area contributed by atoms with E-state index in [9.17, 15) is 0 Å². The molecule has 0 radical (unpaired) electrons. The number of benzene rings is 1. The maximum absolute atomic E-state index is 6.27. The van der Waals surface area contributed by atoms with Crippen molar-refractivity contribution in [2.24, 2.45) is 5.92 Å². The van der Waals surface area contributed by atoms with E-state index in [0.717, 1.165) is 10.9 Å². The third-order valence-electron chi connectivity index (χ3n) is 4.49. The van der Waals surface area contributed by atoms with Gasteiger partial charge in [-0.1, -0.05) is 55.5 Å². The van der Waals surface area contributed by atoms with Crippen LogP contribution < -0.4 is 5.32 Å². The van der Waals surface area contributed by atoms with Crippen LogP contribution in [0, 0.1) is 5.92 Å². The van der Waals surface area contributed by atoms with E-state index in [1.54, 1.807) is 0 Å². The van der Waals surface area contributed by atoms with E-state index in [1.807, 2.05) is 12.1 Å². The van der Waals surface area contributed by atoms with E-state index >= 15 is 0 Å². The van der Waals surface area contributed by atoms with Crippen LogP contribution in [-0.4, -0.2) is 6.04 Å². The molecular weight excluding hydrogens is 254 g/mol. The smallest absolute Gasteiger partial charge is 0.0453 e. The van der Waals surface area contributed by atoms with Crippen LogP contribution in [0.1, 0.15) is 64.0 Å². The Morgan fingerprint density at radius 1 is 1.05 bits per heavy atom. The average Bonchev–Trinajstić information content (AvgIpc) is 2.68. The molecule has 19 heavy (non-hydrogen) atoms. The van der Waals surface area contributed by atoms with Gasteiger partial charge in [-0.25, -0.2) is 0 Å². The Kier molecular flexibility index (Phi) is 5.72. The number of hydrogen-bond donors (Lipinski definition) is 1. The molecule has 1 saturated carbocycles. The van der Waals surface area contributed by atoms with Crippen molar-refractivity contribution in [3.63, 3.8) is 0 Å². The van der Waals surface area contributed by atoms with Gasteiger partial charge in [-0.15, -0.1) is 0 Å². The van der Waals surface area contributed by atoms with E-state index in [-0.39, 0.29) is 0 Å². The van der Waals surface area contributed by atoms with Crippen molar-refractivity contribution in [1.82, 2.24) is 5.32 Å². The fourth-order valence-corrected chi connectivity index (χ4v) is 3.56. The molecule has 0 spiro atoms. The van der Waals surface area contributed by atoms with Crippen LogP contribution in [0.2, 0.25) is 5.02 Å². The molecule has 1 N–H and O–H groups in total. The lowest BCUT2D eigenvalue weighted by Crippen LogP contribution is -2.35. The number of nitrogens with one attached hydrogen (secondary N) is 1. The molecule has 2 rings (SSSR count). The molecular formula is C17H26ClN. The summed E-state index contributed by atoms with van der Waals surface area (Å²) in [6.07, 6.45) is 8.40. The lowest BCUT2D eigenvalue weighted by Gasteiger charge is -2.27. The third kappa shape index (κ3) is 4.22. The van der Waals surface area contributed by atoms with Gasteiger partial charge in [0.2, 0.25) is 0 Å². The van der Waals surface area contributed by atoms with Gasteiger partial charge in [-0.05, 0) is 44.2 Å². The third-order valence-corrected chi connectivity index (χ3v) is 4.84. The Labute approximate surface area is 122 Å². The molecule has 1 aromatic rings. The quantitative estimate of drug-likeness (QED) is 0.733. The molecule has 106 valence electrons. The van der Waals surface area contributed by atoms with Gasteiger partial charge >= 0.3 is 0 Å².